The minimum atomic E-state index is -1.24. The smallest absolute Gasteiger partial charge is 0.328 e. The fourth-order valence-corrected chi connectivity index (χ4v) is 1.71. The number of amides is 2. The van der Waals surface area contributed by atoms with Crippen LogP contribution in [0.3, 0.4) is 0 Å². The molecule has 2 amide bonds. The highest BCUT2D eigenvalue weighted by atomic mass is 16.4. The third-order valence-corrected chi connectivity index (χ3v) is 2.67. The molecule has 0 aromatic rings. The Morgan fingerprint density at radius 1 is 1.25 bits per heavy atom. The van der Waals surface area contributed by atoms with Gasteiger partial charge in [0.1, 0.15) is 0 Å². The molecular formula is C10H18N2O4. The van der Waals surface area contributed by atoms with E-state index < -0.39 is 24.1 Å². The van der Waals surface area contributed by atoms with E-state index in [4.69, 9.17) is 5.11 Å². The van der Waals surface area contributed by atoms with E-state index in [2.05, 4.69) is 5.32 Å². The molecule has 1 saturated heterocycles. The van der Waals surface area contributed by atoms with Gasteiger partial charge in [-0.3, -0.25) is 0 Å². The zero-order chi connectivity index (χ0) is 12.1. The van der Waals surface area contributed by atoms with Crippen molar-refractivity contribution in [3.8, 4) is 0 Å². The lowest BCUT2D eigenvalue weighted by molar-refractivity contribution is -0.141. The second kappa shape index (κ2) is 5.69. The number of nitrogens with one attached hydrogen (secondary N) is 1. The predicted octanol–water partition coefficient (Wildman–Crippen LogP) is 0.0159. The summed E-state index contributed by atoms with van der Waals surface area (Å²) in [5.41, 5.74) is 0. The molecule has 1 aliphatic rings. The van der Waals surface area contributed by atoms with Crippen molar-refractivity contribution in [3.05, 3.63) is 0 Å². The molecule has 0 saturated carbocycles. The Morgan fingerprint density at radius 3 is 2.25 bits per heavy atom. The lowest BCUT2D eigenvalue weighted by atomic mass is 10.1. The quantitative estimate of drug-likeness (QED) is 0.637. The van der Waals surface area contributed by atoms with E-state index in [1.54, 1.807) is 4.90 Å². The van der Waals surface area contributed by atoms with Crippen LogP contribution < -0.4 is 5.32 Å². The molecule has 2 atom stereocenters. The number of aliphatic carboxylic acids is 1. The Labute approximate surface area is 94.2 Å². The number of aliphatic hydroxyl groups is 1. The summed E-state index contributed by atoms with van der Waals surface area (Å²) in [6.45, 7) is 2.64. The molecule has 3 N–H and O–H groups in total. The maximum atomic E-state index is 11.7. The van der Waals surface area contributed by atoms with Crippen LogP contribution >= 0.6 is 0 Å². The molecule has 1 aliphatic heterocycles. The van der Waals surface area contributed by atoms with Gasteiger partial charge < -0.3 is 20.4 Å². The molecule has 0 aromatic heterocycles. The van der Waals surface area contributed by atoms with Gasteiger partial charge in [-0.25, -0.2) is 9.59 Å². The molecule has 6 heteroatoms. The van der Waals surface area contributed by atoms with E-state index in [1.807, 2.05) is 0 Å². The van der Waals surface area contributed by atoms with Gasteiger partial charge in [-0.1, -0.05) is 0 Å². The third-order valence-electron chi connectivity index (χ3n) is 2.67. The van der Waals surface area contributed by atoms with Crippen LogP contribution in [0, 0.1) is 0 Å². The summed E-state index contributed by atoms with van der Waals surface area (Å²) in [4.78, 5) is 24.0. The van der Waals surface area contributed by atoms with Crippen LogP contribution in [-0.4, -0.2) is 52.3 Å². The van der Waals surface area contributed by atoms with Gasteiger partial charge in [0.2, 0.25) is 0 Å². The lowest BCUT2D eigenvalue weighted by Crippen LogP contribution is -2.53. The summed E-state index contributed by atoms with van der Waals surface area (Å²) in [5.74, 6) is -1.22. The molecule has 16 heavy (non-hydrogen) atoms. The number of carboxylic acid groups (broad SMARTS) is 1. The Bertz CT molecular complexity index is 262. The molecule has 1 heterocycles. The van der Waals surface area contributed by atoms with Crippen molar-refractivity contribution in [2.45, 2.75) is 38.3 Å². The molecule has 1 rings (SSSR count). The molecule has 92 valence electrons. The number of piperidine rings is 1. The van der Waals surface area contributed by atoms with Crippen molar-refractivity contribution in [3.63, 3.8) is 0 Å². The van der Waals surface area contributed by atoms with Crippen LogP contribution in [0.25, 0.3) is 0 Å². The molecular weight excluding hydrogens is 212 g/mol. The Balaban J connectivity index is 2.50. The van der Waals surface area contributed by atoms with Crippen LogP contribution in [-0.2, 0) is 4.79 Å². The summed E-state index contributed by atoms with van der Waals surface area (Å²) in [5, 5.41) is 20.3. The van der Waals surface area contributed by atoms with Gasteiger partial charge in [0, 0.05) is 13.1 Å². The van der Waals surface area contributed by atoms with Crippen molar-refractivity contribution in [1.29, 1.82) is 0 Å². The number of likely N-dealkylation sites (tertiary alicyclic amines) is 1. The zero-order valence-electron chi connectivity index (χ0n) is 9.35. The van der Waals surface area contributed by atoms with Crippen molar-refractivity contribution in [1.82, 2.24) is 10.2 Å². The number of carbonyl (C=O) groups is 2. The largest absolute Gasteiger partial charge is 0.480 e. The molecule has 0 spiro atoms. The first-order valence-corrected chi connectivity index (χ1v) is 5.48. The van der Waals surface area contributed by atoms with Gasteiger partial charge >= 0.3 is 12.0 Å². The SMILES string of the molecule is CC(O)C(NC(=O)N1CCCCC1)C(=O)O. The maximum absolute atomic E-state index is 11.7. The number of carboxylic acids is 1. The minimum absolute atomic E-state index is 0.409. The molecule has 2 unspecified atom stereocenters. The second-order valence-corrected chi connectivity index (χ2v) is 4.05. The topological polar surface area (TPSA) is 89.9 Å². The summed E-state index contributed by atoms with van der Waals surface area (Å²) < 4.78 is 0. The highest BCUT2D eigenvalue weighted by Crippen LogP contribution is 2.09. The van der Waals surface area contributed by atoms with Crippen molar-refractivity contribution >= 4 is 12.0 Å². The maximum Gasteiger partial charge on any atom is 0.328 e. The van der Waals surface area contributed by atoms with Gasteiger partial charge in [-0.05, 0) is 26.2 Å². The first-order valence-electron chi connectivity index (χ1n) is 5.48. The summed E-state index contributed by atoms with van der Waals surface area (Å²) in [6, 6.07) is -1.65. The van der Waals surface area contributed by atoms with E-state index in [0.717, 1.165) is 19.3 Å². The summed E-state index contributed by atoms with van der Waals surface area (Å²) in [6.07, 6.45) is 1.88. The summed E-state index contributed by atoms with van der Waals surface area (Å²) in [7, 11) is 0. The van der Waals surface area contributed by atoms with Crippen LogP contribution in [0.2, 0.25) is 0 Å². The monoisotopic (exact) mass is 230 g/mol. The number of hydrogen-bond acceptors (Lipinski definition) is 3. The van der Waals surface area contributed by atoms with Crippen LogP contribution in [0.4, 0.5) is 4.79 Å². The van der Waals surface area contributed by atoms with Gasteiger partial charge in [0.25, 0.3) is 0 Å². The Kier molecular flexibility index (Phi) is 4.54. The predicted molar refractivity (Wildman–Crippen MR) is 57.1 cm³/mol. The van der Waals surface area contributed by atoms with Crippen LogP contribution in [0.5, 0.6) is 0 Å². The van der Waals surface area contributed by atoms with Crippen LogP contribution in [0.15, 0.2) is 0 Å². The highest BCUT2D eigenvalue weighted by molar-refractivity contribution is 5.83. The number of hydrogen-bond donors (Lipinski definition) is 3. The first-order chi connectivity index (χ1) is 7.52. The van der Waals surface area contributed by atoms with E-state index in [-0.39, 0.29) is 0 Å². The average molecular weight is 230 g/mol. The highest BCUT2D eigenvalue weighted by Gasteiger charge is 2.27. The average Bonchev–Trinajstić information content (AvgIpc) is 2.25. The van der Waals surface area contributed by atoms with Gasteiger partial charge in [0.15, 0.2) is 6.04 Å². The van der Waals surface area contributed by atoms with Crippen LogP contribution in [0.1, 0.15) is 26.2 Å². The Morgan fingerprint density at radius 2 is 1.81 bits per heavy atom. The summed E-state index contributed by atoms with van der Waals surface area (Å²) >= 11 is 0. The lowest BCUT2D eigenvalue weighted by Gasteiger charge is -2.28. The minimum Gasteiger partial charge on any atom is -0.480 e. The van der Waals surface area contributed by atoms with E-state index in [1.165, 1.54) is 6.92 Å². The first kappa shape index (κ1) is 12.8. The molecule has 0 bridgehead atoms. The molecule has 1 fully saturated rings. The van der Waals surface area contributed by atoms with Crippen molar-refractivity contribution in [2.75, 3.05) is 13.1 Å². The number of carbonyl (C=O) groups excluding carboxylic acids is 1. The molecule has 6 nitrogen and oxygen atoms in total. The van der Waals surface area contributed by atoms with E-state index >= 15 is 0 Å². The standard InChI is InChI=1S/C10H18N2O4/c1-7(13)8(9(14)15)11-10(16)12-5-3-2-4-6-12/h7-8,13H,2-6H2,1H3,(H,11,16)(H,14,15). The number of rotatable bonds is 3. The van der Waals surface area contributed by atoms with E-state index in [0.29, 0.717) is 13.1 Å². The van der Waals surface area contributed by atoms with Gasteiger partial charge in [0.05, 0.1) is 6.10 Å². The van der Waals surface area contributed by atoms with Crippen molar-refractivity contribution < 1.29 is 19.8 Å². The second-order valence-electron chi connectivity index (χ2n) is 4.05. The third kappa shape index (κ3) is 3.37. The number of aliphatic hydroxyl groups excluding tert-OH is 1. The van der Waals surface area contributed by atoms with Crippen molar-refractivity contribution in [2.24, 2.45) is 0 Å². The Hall–Kier alpha value is -1.30. The normalized spacial score (nSPS) is 20.0. The van der Waals surface area contributed by atoms with E-state index in [9.17, 15) is 14.7 Å². The number of urea groups is 1. The van der Waals surface area contributed by atoms with Gasteiger partial charge in [-0.2, -0.15) is 0 Å². The fraction of sp³-hybridized carbons (Fsp3) is 0.800. The van der Waals surface area contributed by atoms with Gasteiger partial charge in [-0.15, -0.1) is 0 Å². The number of nitrogens with zero attached hydrogens (tertiary/aromatic N) is 1. The molecule has 0 aliphatic carbocycles. The molecule has 0 aromatic carbocycles. The molecule has 0 radical (unpaired) electrons. The fourth-order valence-electron chi connectivity index (χ4n) is 1.71. The zero-order valence-corrected chi connectivity index (χ0v) is 9.35.